The van der Waals surface area contributed by atoms with Crippen LogP contribution in [0.2, 0.25) is 20.1 Å². The molecule has 0 bridgehead atoms. The maximum atomic E-state index is 13.8. The Balaban J connectivity index is 0.000000170. The number of ketones is 3. The van der Waals surface area contributed by atoms with Crippen LogP contribution in [0, 0.1) is 0 Å². The zero-order valence-corrected chi connectivity index (χ0v) is 89.6. The van der Waals surface area contributed by atoms with Crippen molar-refractivity contribution in [3.63, 3.8) is 0 Å². The fraction of sp³-hybridized carbons (Fsp3) is 0.304. The minimum atomic E-state index is -0.618. The number of aliphatic hydroxyl groups is 1. The molecule has 4 aliphatic heterocycles. The van der Waals surface area contributed by atoms with Crippen molar-refractivity contribution in [2.75, 3.05) is 40.3 Å². The standard InChI is InChI=1S/C26H27ClN2O3.C22H23ClN2O.C22H21ClN2O.C21H19ClN2O.CH4.ClH.S19/c1-26(2,3)32-25(31)29-15-7-6-10-23(29)24(30)20-16-22(17-11-13-18(27)14-12-17)28-21-9-5-4-8-19(20)21;2*1-25-13-5-4-8-21(25)22(26)18-14-20(15-9-11-16(23)12-10-15)24-19-7-3-2-6-17(18)19;22-15-10-8-14(9-11-15)20-13-17(16-5-1-2-6-18(16)24-20)21(25)19-7-3-4-12-23-19;;;1-3-5-7-9-11-13-15-17-19-18-16-14-12-10-8-6-4-2/h4-5,8-9,11-14,16,23H,6-7,10,15H2,1-3H3;2-3,6-7,9-12,14,21-22,26H,4-5,8,13H2,1H3;2-3,6-7,9-12,14,21H,4-5,8,13H2,1H3;1-2,5-6,8-11,13,19,23H,3-4,7,12H2;1H4;1H;. The van der Waals surface area contributed by atoms with Gasteiger partial charge in [-0.3, -0.25) is 24.2 Å². The number of halogens is 5. The Labute approximate surface area is 844 Å². The minimum Gasteiger partial charge on any atom is -0.444 e. The summed E-state index contributed by atoms with van der Waals surface area (Å²) in [5.74, 6) is 0.277. The molecule has 0 aliphatic carbocycles. The van der Waals surface area contributed by atoms with Gasteiger partial charge in [0.15, 0.2) is 17.3 Å². The molecule has 0 radical (unpaired) electrons. The Hall–Kier alpha value is -4.85. The Morgan fingerprint density at radius 2 is 0.731 bits per heavy atom. The lowest BCUT2D eigenvalue weighted by atomic mass is 9.91. The van der Waals surface area contributed by atoms with Crippen LogP contribution in [0.5, 0.6) is 0 Å². The lowest BCUT2D eigenvalue weighted by Crippen LogP contribution is -2.49. The lowest BCUT2D eigenvalue weighted by Gasteiger charge is -2.36. The number of hydrogen-bond acceptors (Lipinski definition) is 15. The normalized spacial score (nSPS) is 16.1. The second-order valence-electron chi connectivity index (χ2n) is 30.8. The molecule has 2 N–H and O–H groups in total. The van der Waals surface area contributed by atoms with E-state index in [0.29, 0.717) is 44.3 Å². The van der Waals surface area contributed by atoms with Crippen LogP contribution in [-0.2, 0) is 178 Å². The van der Waals surface area contributed by atoms with Crippen LogP contribution in [-0.4, -0.2) is 133 Å². The Morgan fingerprint density at radius 1 is 0.408 bits per heavy atom. The monoisotopic (exact) mass is 2190 g/mol. The fourth-order valence-corrected chi connectivity index (χ4v) is 57.0. The molecule has 1 amide bonds. The number of aliphatic hydroxyl groups excluding tert-OH is 1. The molecule has 14 nitrogen and oxygen atoms in total. The van der Waals surface area contributed by atoms with E-state index in [1.54, 1.807) is 150 Å². The van der Waals surface area contributed by atoms with Gasteiger partial charge in [-0.15, -0.1) is 12.4 Å². The van der Waals surface area contributed by atoms with Gasteiger partial charge in [-0.2, -0.15) is 0 Å². The van der Waals surface area contributed by atoms with E-state index in [4.69, 9.17) is 93.5 Å². The number of para-hydroxylation sites is 4. The van der Waals surface area contributed by atoms with Gasteiger partial charge in [0, 0.05) is 267 Å². The third-order valence-electron chi connectivity index (χ3n) is 21.3. The van der Waals surface area contributed by atoms with Crippen LogP contribution in [0.4, 0.5) is 4.79 Å². The van der Waals surface area contributed by atoms with Crippen molar-refractivity contribution < 1.29 is 29.0 Å². The number of rotatable bonds is 12. The number of amides is 1. The summed E-state index contributed by atoms with van der Waals surface area (Å²) in [6, 6.07) is 68.8. The highest BCUT2D eigenvalue weighted by Crippen LogP contribution is 2.38. The average Bonchev–Trinajstić information content (AvgIpc) is 0.796. The van der Waals surface area contributed by atoms with Gasteiger partial charge in [-0.05, 0) is 215 Å². The van der Waals surface area contributed by atoms with Crippen molar-refractivity contribution in [2.45, 2.75) is 141 Å². The van der Waals surface area contributed by atoms with Gasteiger partial charge in [0.25, 0.3) is 0 Å². The number of ether oxygens (including phenoxy) is 1. The third-order valence-corrected chi connectivity index (χ3v) is 57.9. The summed E-state index contributed by atoms with van der Waals surface area (Å²) in [6.45, 7) is 8.93. The van der Waals surface area contributed by atoms with Gasteiger partial charge in [-0.1, -0.05) is 194 Å². The molecule has 4 aliphatic rings. The van der Waals surface area contributed by atoms with E-state index in [-0.39, 0.29) is 55.3 Å². The summed E-state index contributed by atoms with van der Waals surface area (Å²) in [4.78, 5) is 78.4. The van der Waals surface area contributed by atoms with E-state index in [1.807, 2.05) is 228 Å². The predicted octanol–water partition coefficient (Wildman–Crippen LogP) is 22.7. The number of nitrogens with zero attached hydrogens (tertiary/aromatic N) is 7. The van der Waals surface area contributed by atoms with Crippen molar-refractivity contribution in [3.8, 4) is 45.0 Å². The maximum Gasteiger partial charge on any atom is 0.410 e. The topological polar surface area (TPSA) is 171 Å². The lowest BCUT2D eigenvalue weighted by molar-refractivity contribution is 0.0105. The van der Waals surface area contributed by atoms with E-state index in [1.165, 1.54) is 30.6 Å². The number of piperidine rings is 4. The molecular weight excluding hydrogens is 2100 g/mol. The summed E-state index contributed by atoms with van der Waals surface area (Å²) >= 11 is 33.6. The number of nitrogens with one attached hydrogen (secondary N) is 1. The van der Waals surface area contributed by atoms with Crippen LogP contribution in [0.25, 0.3) is 88.6 Å². The smallest absolute Gasteiger partial charge is 0.410 e. The molecule has 38 heteroatoms. The van der Waals surface area contributed by atoms with Crippen LogP contribution in [0.3, 0.4) is 0 Å². The number of aromatic nitrogens is 4. The van der Waals surface area contributed by atoms with Crippen LogP contribution in [0.1, 0.15) is 148 Å². The van der Waals surface area contributed by atoms with E-state index < -0.39 is 23.8 Å². The predicted molar refractivity (Wildman–Crippen MR) is 597 cm³/mol. The highest BCUT2D eigenvalue weighted by atomic mass is 35.5. The largest absolute Gasteiger partial charge is 0.444 e. The van der Waals surface area contributed by atoms with E-state index in [9.17, 15) is 24.3 Å². The number of hydrogen-bond donors (Lipinski definition) is 2. The van der Waals surface area contributed by atoms with Gasteiger partial charge in [-0.25, -0.2) is 24.7 Å². The van der Waals surface area contributed by atoms with Crippen molar-refractivity contribution in [2.24, 2.45) is 0 Å². The second kappa shape index (κ2) is 55.5. The average molecular weight is 2200 g/mol. The number of likely N-dealkylation sites (N-methyl/N-ethyl adjacent to an activating group) is 2. The molecule has 12 aromatic rings. The SMILES string of the molecule is C.CC(C)(C)OC(=O)N1CCCCC1C(=O)c1cc(-c2ccc(Cl)cc2)nc2ccccc12.CN1CCCCC1C(=O)c1cc(-c2ccc(Cl)cc2)nc2ccccc12.CN1CCCCC1C(O)c1cc(-c2ccc(Cl)cc2)nc2ccccc12.Cl.O=C(c1cc(-c2ccc(Cl)cc2)nc2ccccc12)C1CCCCN1.S=S=S=S=S=S=S=S=S=S=S=S=S=S=S=S=S=S=S. The number of fused-ring (bicyclic) bond motifs is 4. The van der Waals surface area contributed by atoms with Gasteiger partial charge in [0.05, 0.1) is 69.1 Å². The van der Waals surface area contributed by atoms with Crippen molar-refractivity contribution in [3.05, 3.63) is 261 Å². The molecule has 4 fully saturated rings. The third kappa shape index (κ3) is 31.6. The van der Waals surface area contributed by atoms with Crippen LogP contribution in [0.15, 0.2) is 218 Å². The number of benzene rings is 8. The summed E-state index contributed by atoms with van der Waals surface area (Å²) < 4.78 is 5.60. The highest BCUT2D eigenvalue weighted by molar-refractivity contribution is 8.78. The first-order valence-electron chi connectivity index (χ1n) is 40.8. The highest BCUT2D eigenvalue weighted by Gasteiger charge is 2.37. The summed E-state index contributed by atoms with van der Waals surface area (Å²) in [7, 11) is 33.2. The summed E-state index contributed by atoms with van der Waals surface area (Å²) in [5.41, 5.74) is 12.7. The summed E-state index contributed by atoms with van der Waals surface area (Å²) in [5, 5.41) is 21.0. The molecule has 8 aromatic carbocycles. The van der Waals surface area contributed by atoms with Crippen molar-refractivity contribution >= 4 is 299 Å². The van der Waals surface area contributed by atoms with E-state index >= 15 is 0 Å². The number of carbonyl (C=O) groups is 4. The maximum absolute atomic E-state index is 13.8. The fourth-order valence-electron chi connectivity index (χ4n) is 15.3. The van der Waals surface area contributed by atoms with E-state index in [2.05, 4.69) is 28.2 Å². The molecule has 0 spiro atoms. The Kier molecular flexibility index (Phi) is 45.8. The van der Waals surface area contributed by atoms with E-state index in [0.717, 1.165) is 177 Å². The number of likely N-dealkylation sites (tertiary alicyclic amines) is 3. The molecule has 4 saturated heterocycles. The molecule has 0 saturated carbocycles. The molecule has 8 heterocycles. The van der Waals surface area contributed by atoms with Gasteiger partial charge in [0.2, 0.25) is 0 Å². The molecular formula is C92H95Cl5N8O6S19. The zero-order chi connectivity index (χ0) is 90.3. The molecule has 130 heavy (non-hydrogen) atoms. The van der Waals surface area contributed by atoms with Crippen LogP contribution >= 0.6 is 58.8 Å². The molecule has 5 unspecified atom stereocenters. The first kappa shape index (κ1) is 107. The first-order chi connectivity index (χ1) is 62.1. The Morgan fingerprint density at radius 3 is 1.10 bits per heavy atom. The molecule has 16 rings (SSSR count). The Bertz CT molecular complexity index is 6810. The van der Waals surface area contributed by atoms with Gasteiger partial charge >= 0.3 is 6.09 Å². The second-order valence-corrected chi connectivity index (χ2v) is 62.6. The van der Waals surface area contributed by atoms with Crippen molar-refractivity contribution in [1.29, 1.82) is 0 Å². The molecule has 4 aromatic heterocycles. The minimum absolute atomic E-state index is 0. The quantitative estimate of drug-likeness (QED) is 0.111. The number of Topliss-reactive ketones (excluding diaryl/α,β-unsaturated/α-hetero) is 3. The number of pyridine rings is 4. The molecule has 5 atom stereocenters. The summed E-state index contributed by atoms with van der Waals surface area (Å²) in [6.07, 6.45) is 11.1. The first-order valence-corrected chi connectivity index (χ1v) is 66.3. The van der Waals surface area contributed by atoms with Gasteiger partial charge < -0.3 is 20.1 Å². The van der Waals surface area contributed by atoms with Gasteiger partial charge in [0.1, 0.15) is 5.60 Å². The van der Waals surface area contributed by atoms with Crippen molar-refractivity contribution in [1.82, 2.24) is 40.0 Å². The molecule has 688 valence electrons. The number of carbonyl (C=O) groups excluding carboxylic acids is 4. The zero-order valence-electron chi connectivity index (χ0n) is 70.3. The van der Waals surface area contributed by atoms with Crippen LogP contribution < -0.4 is 5.32 Å².